The zero-order valence-corrected chi connectivity index (χ0v) is 11.5. The van der Waals surface area contributed by atoms with Crippen LogP contribution in [0.3, 0.4) is 0 Å². The first kappa shape index (κ1) is 15.5. The zero-order valence-electron chi connectivity index (χ0n) is 10.7. The fraction of sp³-hybridized carbons (Fsp3) is 0.455. The minimum atomic E-state index is -3.85. The Balaban J connectivity index is 3.25. The molecule has 0 radical (unpaired) electrons. The Morgan fingerprint density at radius 2 is 2.05 bits per heavy atom. The molecule has 0 aliphatic rings. The van der Waals surface area contributed by atoms with Crippen molar-refractivity contribution < 1.29 is 18.4 Å². The van der Waals surface area contributed by atoms with Crippen molar-refractivity contribution in [1.82, 2.24) is 4.31 Å². The SMILES string of the molecule is CC(C)N(CCO)S(=O)(=O)c1cccc([N+](=O)[O-])c1. The summed E-state index contributed by atoms with van der Waals surface area (Å²) in [5.41, 5.74) is -0.284. The summed E-state index contributed by atoms with van der Waals surface area (Å²) < 4.78 is 25.8. The lowest BCUT2D eigenvalue weighted by atomic mass is 10.3. The summed E-state index contributed by atoms with van der Waals surface area (Å²) in [5.74, 6) is 0. The highest BCUT2D eigenvalue weighted by Crippen LogP contribution is 2.22. The summed E-state index contributed by atoms with van der Waals surface area (Å²) >= 11 is 0. The Kier molecular flexibility index (Phi) is 4.98. The molecule has 1 aromatic carbocycles. The quantitative estimate of drug-likeness (QED) is 0.621. The van der Waals surface area contributed by atoms with E-state index in [0.29, 0.717) is 0 Å². The number of nitro benzene ring substituents is 1. The number of benzene rings is 1. The van der Waals surface area contributed by atoms with Gasteiger partial charge in [0, 0.05) is 24.7 Å². The van der Waals surface area contributed by atoms with E-state index in [1.807, 2.05) is 0 Å². The first-order chi connectivity index (χ1) is 8.80. The summed E-state index contributed by atoms with van der Waals surface area (Å²) in [6, 6.07) is 4.51. The number of non-ortho nitro benzene ring substituents is 1. The second kappa shape index (κ2) is 6.09. The maximum absolute atomic E-state index is 12.3. The number of nitrogens with zero attached hydrogens (tertiary/aromatic N) is 2. The van der Waals surface area contributed by atoms with Crippen molar-refractivity contribution in [3.8, 4) is 0 Å². The second-order valence-electron chi connectivity index (χ2n) is 4.19. The van der Waals surface area contributed by atoms with Crippen molar-refractivity contribution in [2.75, 3.05) is 13.2 Å². The van der Waals surface area contributed by atoms with Gasteiger partial charge >= 0.3 is 0 Å². The molecule has 0 spiro atoms. The molecule has 106 valence electrons. The highest BCUT2D eigenvalue weighted by molar-refractivity contribution is 7.89. The summed E-state index contributed by atoms with van der Waals surface area (Å²) in [7, 11) is -3.85. The number of hydrogen-bond acceptors (Lipinski definition) is 5. The van der Waals surface area contributed by atoms with Crippen LogP contribution in [0.1, 0.15) is 13.8 Å². The van der Waals surface area contributed by atoms with E-state index in [1.165, 1.54) is 18.2 Å². The van der Waals surface area contributed by atoms with Crippen LogP contribution in [0.15, 0.2) is 29.2 Å². The Labute approximate surface area is 111 Å². The number of nitro groups is 1. The molecule has 1 N–H and O–H groups in total. The van der Waals surface area contributed by atoms with E-state index in [1.54, 1.807) is 13.8 Å². The first-order valence-corrected chi connectivity index (χ1v) is 7.12. The maximum Gasteiger partial charge on any atom is 0.270 e. The van der Waals surface area contributed by atoms with Crippen LogP contribution in [0.25, 0.3) is 0 Å². The smallest absolute Gasteiger partial charge is 0.270 e. The molecular weight excluding hydrogens is 272 g/mol. The molecule has 0 heterocycles. The molecule has 0 aliphatic carbocycles. The third-order valence-corrected chi connectivity index (χ3v) is 4.60. The summed E-state index contributed by atoms with van der Waals surface area (Å²) in [4.78, 5) is 9.87. The molecule has 0 saturated carbocycles. The Bertz CT molecular complexity index is 556. The van der Waals surface area contributed by atoms with Gasteiger partial charge in [0.1, 0.15) is 0 Å². The number of hydrogen-bond donors (Lipinski definition) is 1. The molecule has 0 aromatic heterocycles. The van der Waals surface area contributed by atoms with Gasteiger partial charge in [-0.15, -0.1) is 0 Å². The molecule has 0 atom stereocenters. The van der Waals surface area contributed by atoms with Crippen LogP contribution in [0.4, 0.5) is 5.69 Å². The van der Waals surface area contributed by atoms with Crippen LogP contribution in [-0.4, -0.2) is 41.9 Å². The highest BCUT2D eigenvalue weighted by Gasteiger charge is 2.27. The molecule has 8 heteroatoms. The molecule has 0 bridgehead atoms. The number of aliphatic hydroxyl groups is 1. The zero-order chi connectivity index (χ0) is 14.6. The van der Waals surface area contributed by atoms with E-state index in [9.17, 15) is 18.5 Å². The van der Waals surface area contributed by atoms with E-state index < -0.39 is 14.9 Å². The number of aliphatic hydroxyl groups excluding tert-OH is 1. The predicted molar refractivity (Wildman–Crippen MR) is 69.2 cm³/mol. The summed E-state index contributed by atoms with van der Waals surface area (Å²) in [6.45, 7) is 2.98. The lowest BCUT2D eigenvalue weighted by Crippen LogP contribution is -2.38. The largest absolute Gasteiger partial charge is 0.395 e. The van der Waals surface area contributed by atoms with Crippen LogP contribution in [0, 0.1) is 10.1 Å². The van der Waals surface area contributed by atoms with Gasteiger partial charge in [-0.2, -0.15) is 4.31 Å². The number of rotatable bonds is 6. The molecule has 0 saturated heterocycles. The van der Waals surface area contributed by atoms with Crippen molar-refractivity contribution in [2.24, 2.45) is 0 Å². The fourth-order valence-electron chi connectivity index (χ4n) is 1.65. The molecule has 19 heavy (non-hydrogen) atoms. The lowest BCUT2D eigenvalue weighted by Gasteiger charge is -2.24. The van der Waals surface area contributed by atoms with E-state index in [4.69, 9.17) is 5.11 Å². The third kappa shape index (κ3) is 3.49. The standard InChI is InChI=1S/C11H16N2O5S/c1-9(2)12(6-7-14)19(17,18)11-5-3-4-10(8-11)13(15)16/h3-5,8-9,14H,6-7H2,1-2H3. The van der Waals surface area contributed by atoms with E-state index in [0.717, 1.165) is 10.4 Å². The van der Waals surface area contributed by atoms with Crippen molar-refractivity contribution in [3.05, 3.63) is 34.4 Å². The number of sulfonamides is 1. The van der Waals surface area contributed by atoms with Crippen LogP contribution in [0.5, 0.6) is 0 Å². The summed E-state index contributed by atoms with van der Waals surface area (Å²) in [5, 5.41) is 19.6. The lowest BCUT2D eigenvalue weighted by molar-refractivity contribution is -0.385. The average molecular weight is 288 g/mol. The van der Waals surface area contributed by atoms with Gasteiger partial charge in [-0.3, -0.25) is 10.1 Å². The highest BCUT2D eigenvalue weighted by atomic mass is 32.2. The van der Waals surface area contributed by atoms with Gasteiger partial charge in [0.15, 0.2) is 0 Å². The Morgan fingerprint density at radius 3 is 2.53 bits per heavy atom. The van der Waals surface area contributed by atoms with Gasteiger partial charge in [-0.25, -0.2) is 8.42 Å². The van der Waals surface area contributed by atoms with Gasteiger partial charge in [0.25, 0.3) is 5.69 Å². The molecule has 1 rings (SSSR count). The van der Waals surface area contributed by atoms with Gasteiger partial charge in [0.05, 0.1) is 16.4 Å². The van der Waals surface area contributed by atoms with Crippen LogP contribution in [0.2, 0.25) is 0 Å². The molecule has 0 aliphatic heterocycles. The normalized spacial score (nSPS) is 12.1. The molecule has 0 fully saturated rings. The van der Waals surface area contributed by atoms with Gasteiger partial charge < -0.3 is 5.11 Å². The van der Waals surface area contributed by atoms with Crippen LogP contribution < -0.4 is 0 Å². The van der Waals surface area contributed by atoms with E-state index >= 15 is 0 Å². The average Bonchev–Trinajstić information content (AvgIpc) is 2.35. The van der Waals surface area contributed by atoms with Crippen molar-refractivity contribution >= 4 is 15.7 Å². The fourth-order valence-corrected chi connectivity index (χ4v) is 3.32. The van der Waals surface area contributed by atoms with Gasteiger partial charge in [0.2, 0.25) is 10.0 Å². The molecule has 7 nitrogen and oxygen atoms in total. The first-order valence-electron chi connectivity index (χ1n) is 5.68. The van der Waals surface area contributed by atoms with Crippen molar-refractivity contribution in [1.29, 1.82) is 0 Å². The van der Waals surface area contributed by atoms with Crippen molar-refractivity contribution in [3.63, 3.8) is 0 Å². The van der Waals surface area contributed by atoms with Crippen LogP contribution in [-0.2, 0) is 10.0 Å². The molecule has 0 amide bonds. The topological polar surface area (TPSA) is 101 Å². The van der Waals surface area contributed by atoms with Crippen molar-refractivity contribution in [2.45, 2.75) is 24.8 Å². The molecular formula is C11H16N2O5S. The van der Waals surface area contributed by atoms with E-state index in [-0.39, 0.29) is 29.8 Å². The minimum Gasteiger partial charge on any atom is -0.395 e. The minimum absolute atomic E-state index is 0.0529. The maximum atomic E-state index is 12.3. The van der Waals surface area contributed by atoms with E-state index in [2.05, 4.69) is 0 Å². The van der Waals surface area contributed by atoms with Crippen LogP contribution >= 0.6 is 0 Å². The molecule has 0 unspecified atom stereocenters. The predicted octanol–water partition coefficient (Wildman–Crippen LogP) is 0.986. The third-order valence-electron chi connectivity index (χ3n) is 2.53. The van der Waals surface area contributed by atoms with Gasteiger partial charge in [-0.1, -0.05) is 6.07 Å². The Hall–Kier alpha value is -1.51. The van der Waals surface area contributed by atoms with Gasteiger partial charge in [-0.05, 0) is 19.9 Å². The Morgan fingerprint density at radius 1 is 1.42 bits per heavy atom. The monoisotopic (exact) mass is 288 g/mol. The second-order valence-corrected chi connectivity index (χ2v) is 6.08. The summed E-state index contributed by atoms with van der Waals surface area (Å²) in [6.07, 6.45) is 0. The molecule has 1 aromatic rings.